The number of piperidine rings is 1. The molecule has 1 N–H and O–H groups in total. The number of hydrogen-bond acceptors (Lipinski definition) is 3. The van der Waals surface area contributed by atoms with Crippen LogP contribution in [0.5, 0.6) is 0 Å². The minimum atomic E-state index is 0.0699. The molecule has 1 fully saturated rings. The molecule has 0 radical (unpaired) electrons. The van der Waals surface area contributed by atoms with Crippen molar-refractivity contribution in [2.24, 2.45) is 13.0 Å². The van der Waals surface area contributed by atoms with E-state index in [1.807, 2.05) is 42.4 Å². The van der Waals surface area contributed by atoms with Crippen molar-refractivity contribution in [2.45, 2.75) is 39.0 Å². The Bertz CT molecular complexity index is 972. The van der Waals surface area contributed by atoms with Crippen LogP contribution in [-0.4, -0.2) is 43.9 Å². The van der Waals surface area contributed by atoms with E-state index in [2.05, 4.69) is 41.3 Å². The van der Waals surface area contributed by atoms with E-state index in [-0.39, 0.29) is 11.8 Å². The molecule has 0 unspecified atom stereocenters. The van der Waals surface area contributed by atoms with Gasteiger partial charge in [-0.3, -0.25) is 14.6 Å². The van der Waals surface area contributed by atoms with Gasteiger partial charge in [-0.1, -0.05) is 44.2 Å². The molecule has 0 aliphatic carbocycles. The van der Waals surface area contributed by atoms with Gasteiger partial charge in [-0.15, -0.1) is 0 Å². The van der Waals surface area contributed by atoms with Crippen LogP contribution in [0.25, 0.3) is 11.1 Å². The summed E-state index contributed by atoms with van der Waals surface area (Å²) in [6, 6.07) is 12.3. The second-order valence-corrected chi connectivity index (χ2v) is 8.40. The molecular formula is C23H29N5O. The molecule has 1 atom stereocenters. The lowest BCUT2D eigenvalue weighted by Gasteiger charge is -2.32. The fourth-order valence-corrected chi connectivity index (χ4v) is 4.26. The van der Waals surface area contributed by atoms with Crippen molar-refractivity contribution < 1.29 is 4.79 Å². The fraction of sp³-hybridized carbons (Fsp3) is 0.435. The first-order valence-corrected chi connectivity index (χ1v) is 10.4. The van der Waals surface area contributed by atoms with E-state index < -0.39 is 0 Å². The third-order valence-electron chi connectivity index (χ3n) is 5.64. The number of carbonyl (C=O) groups excluding carboxylic acids is 1. The summed E-state index contributed by atoms with van der Waals surface area (Å²) in [5.41, 5.74) is 5.07. The third-order valence-corrected chi connectivity index (χ3v) is 5.64. The summed E-state index contributed by atoms with van der Waals surface area (Å²) >= 11 is 0. The first-order chi connectivity index (χ1) is 14.0. The van der Waals surface area contributed by atoms with E-state index in [0.717, 1.165) is 48.3 Å². The van der Waals surface area contributed by atoms with Crippen LogP contribution in [0.1, 0.15) is 54.5 Å². The average molecular weight is 392 g/mol. The number of nitrogens with one attached hydrogen (secondary N) is 1. The zero-order valence-electron chi connectivity index (χ0n) is 17.4. The van der Waals surface area contributed by atoms with Crippen molar-refractivity contribution in [3.05, 3.63) is 59.7 Å². The largest absolute Gasteiger partial charge is 0.337 e. The van der Waals surface area contributed by atoms with E-state index in [1.165, 1.54) is 0 Å². The number of hydrogen-bond donors (Lipinski definition) is 1. The molecule has 2 aromatic heterocycles. The standard InChI is InChI=1S/C23H29N5O/c1-16(2)12-19-13-21(27(3)26-19)23(29)28-11-7-10-18(15-28)22-20(14-24-25-22)17-8-5-4-6-9-17/h4-6,8-9,13-14,16,18H,7,10-12,15H2,1-3H3,(H,24,25)/t18-/m1/s1. The molecule has 29 heavy (non-hydrogen) atoms. The summed E-state index contributed by atoms with van der Waals surface area (Å²) in [7, 11) is 1.86. The number of likely N-dealkylation sites (tertiary alicyclic amines) is 1. The molecule has 1 saturated heterocycles. The summed E-state index contributed by atoms with van der Waals surface area (Å²) in [5, 5.41) is 12.1. The highest BCUT2D eigenvalue weighted by molar-refractivity contribution is 5.92. The minimum absolute atomic E-state index is 0.0699. The van der Waals surface area contributed by atoms with E-state index in [1.54, 1.807) is 4.68 Å². The number of carbonyl (C=O) groups is 1. The number of aromatic nitrogens is 4. The summed E-state index contributed by atoms with van der Waals surface area (Å²) in [4.78, 5) is 15.2. The summed E-state index contributed by atoms with van der Waals surface area (Å²) in [6.45, 7) is 5.82. The first kappa shape index (κ1) is 19.4. The van der Waals surface area contributed by atoms with Crippen LogP contribution in [0, 0.1) is 5.92 Å². The highest BCUT2D eigenvalue weighted by atomic mass is 16.2. The molecule has 0 bridgehead atoms. The van der Waals surface area contributed by atoms with Crippen LogP contribution >= 0.6 is 0 Å². The summed E-state index contributed by atoms with van der Waals surface area (Å²) in [6.07, 6.45) is 4.82. The highest BCUT2D eigenvalue weighted by Crippen LogP contribution is 2.33. The number of aryl methyl sites for hydroxylation is 1. The van der Waals surface area contributed by atoms with Crippen LogP contribution in [-0.2, 0) is 13.5 Å². The van der Waals surface area contributed by atoms with Crippen LogP contribution in [0.4, 0.5) is 0 Å². The Morgan fingerprint density at radius 3 is 2.83 bits per heavy atom. The van der Waals surface area contributed by atoms with Gasteiger partial charge in [-0.05, 0) is 36.8 Å². The van der Waals surface area contributed by atoms with Crippen LogP contribution in [0.3, 0.4) is 0 Å². The lowest BCUT2D eigenvalue weighted by atomic mass is 9.90. The number of amides is 1. The molecular weight excluding hydrogens is 362 g/mol. The SMILES string of the molecule is CC(C)Cc1cc(C(=O)N2CCC[C@@H](c3[nH]ncc3-c3ccccc3)C2)n(C)n1. The van der Waals surface area contributed by atoms with Gasteiger partial charge in [0.2, 0.25) is 0 Å². The molecule has 3 aromatic rings. The molecule has 6 nitrogen and oxygen atoms in total. The molecule has 3 heterocycles. The Balaban J connectivity index is 1.53. The van der Waals surface area contributed by atoms with Crippen LogP contribution in [0.2, 0.25) is 0 Å². The second-order valence-electron chi connectivity index (χ2n) is 8.40. The molecule has 1 aromatic carbocycles. The predicted octanol–water partition coefficient (Wildman–Crippen LogP) is 4.03. The predicted molar refractivity (Wildman–Crippen MR) is 114 cm³/mol. The van der Waals surface area contributed by atoms with Crippen molar-refractivity contribution in [1.29, 1.82) is 0 Å². The van der Waals surface area contributed by atoms with Crippen molar-refractivity contribution >= 4 is 5.91 Å². The molecule has 6 heteroatoms. The van der Waals surface area contributed by atoms with E-state index in [0.29, 0.717) is 18.2 Å². The second kappa shape index (κ2) is 8.23. The van der Waals surface area contributed by atoms with Gasteiger partial charge in [0.15, 0.2) is 0 Å². The van der Waals surface area contributed by atoms with Crippen molar-refractivity contribution in [3.63, 3.8) is 0 Å². The Morgan fingerprint density at radius 2 is 2.07 bits per heavy atom. The van der Waals surface area contributed by atoms with Crippen molar-refractivity contribution in [1.82, 2.24) is 24.9 Å². The fourth-order valence-electron chi connectivity index (χ4n) is 4.26. The van der Waals surface area contributed by atoms with Gasteiger partial charge in [0.25, 0.3) is 5.91 Å². The maximum Gasteiger partial charge on any atom is 0.272 e. The van der Waals surface area contributed by atoms with Gasteiger partial charge in [0.1, 0.15) is 5.69 Å². The molecule has 0 saturated carbocycles. The van der Waals surface area contributed by atoms with Gasteiger partial charge in [0, 0.05) is 37.3 Å². The molecule has 1 aliphatic heterocycles. The quantitative estimate of drug-likeness (QED) is 0.714. The maximum absolute atomic E-state index is 13.2. The lowest BCUT2D eigenvalue weighted by Crippen LogP contribution is -2.40. The maximum atomic E-state index is 13.2. The minimum Gasteiger partial charge on any atom is -0.337 e. The van der Waals surface area contributed by atoms with Gasteiger partial charge >= 0.3 is 0 Å². The average Bonchev–Trinajstić information content (AvgIpc) is 3.34. The van der Waals surface area contributed by atoms with E-state index in [4.69, 9.17) is 0 Å². The van der Waals surface area contributed by atoms with Crippen LogP contribution in [0.15, 0.2) is 42.6 Å². The smallest absolute Gasteiger partial charge is 0.272 e. The summed E-state index contributed by atoms with van der Waals surface area (Å²) < 4.78 is 1.73. The van der Waals surface area contributed by atoms with Gasteiger partial charge < -0.3 is 4.90 Å². The topological polar surface area (TPSA) is 66.8 Å². The third kappa shape index (κ3) is 4.11. The number of aromatic amines is 1. The normalized spacial score (nSPS) is 17.1. The van der Waals surface area contributed by atoms with E-state index >= 15 is 0 Å². The number of nitrogens with zero attached hydrogens (tertiary/aromatic N) is 4. The number of benzene rings is 1. The van der Waals surface area contributed by atoms with Gasteiger partial charge in [-0.25, -0.2) is 0 Å². The molecule has 1 amide bonds. The van der Waals surface area contributed by atoms with Crippen LogP contribution < -0.4 is 0 Å². The monoisotopic (exact) mass is 391 g/mol. The molecule has 4 rings (SSSR count). The first-order valence-electron chi connectivity index (χ1n) is 10.4. The van der Waals surface area contributed by atoms with Crippen molar-refractivity contribution in [2.75, 3.05) is 13.1 Å². The number of H-pyrrole nitrogens is 1. The molecule has 1 aliphatic rings. The van der Waals surface area contributed by atoms with Gasteiger partial charge in [0.05, 0.1) is 11.9 Å². The van der Waals surface area contributed by atoms with E-state index in [9.17, 15) is 4.79 Å². The molecule has 0 spiro atoms. The zero-order valence-corrected chi connectivity index (χ0v) is 17.4. The van der Waals surface area contributed by atoms with Crippen molar-refractivity contribution in [3.8, 4) is 11.1 Å². The summed E-state index contributed by atoms with van der Waals surface area (Å²) in [5.74, 6) is 0.846. The molecule has 152 valence electrons. The van der Waals surface area contributed by atoms with Gasteiger partial charge in [-0.2, -0.15) is 10.2 Å². The lowest BCUT2D eigenvalue weighted by molar-refractivity contribution is 0.0695. The number of rotatable bonds is 5. The zero-order chi connectivity index (χ0) is 20.4. The Hall–Kier alpha value is -2.89. The highest BCUT2D eigenvalue weighted by Gasteiger charge is 2.29. The Morgan fingerprint density at radius 1 is 1.28 bits per heavy atom. The Labute approximate surface area is 171 Å². The Kier molecular flexibility index (Phi) is 5.51.